The average molecular weight is 228 g/mol. The molecule has 0 amide bonds. The van der Waals surface area contributed by atoms with Gasteiger partial charge in [-0.1, -0.05) is 6.07 Å². The lowest BCUT2D eigenvalue weighted by Crippen LogP contribution is -2.37. The highest BCUT2D eigenvalue weighted by Crippen LogP contribution is 2.21. The van der Waals surface area contributed by atoms with Gasteiger partial charge in [0.05, 0.1) is 7.11 Å². The van der Waals surface area contributed by atoms with Crippen LogP contribution >= 0.6 is 0 Å². The molecule has 4 nitrogen and oxygen atoms in total. The van der Waals surface area contributed by atoms with E-state index >= 15 is 0 Å². The van der Waals surface area contributed by atoms with Crippen molar-refractivity contribution in [3.63, 3.8) is 0 Å². The molecule has 5 heteroatoms. The summed E-state index contributed by atoms with van der Waals surface area (Å²) < 4.78 is 18.0. The number of halogens is 1. The summed E-state index contributed by atoms with van der Waals surface area (Å²) in [6.45, 7) is 1.16. The second kappa shape index (κ2) is 4.49. The van der Waals surface area contributed by atoms with Crippen LogP contribution < -0.4 is 4.74 Å². The topological polar surface area (TPSA) is 66.8 Å². The molecular formula is C11H13FO4. The SMILES string of the molecule is COc1ccc(CC(C)(O)C(=O)O)cc1F. The van der Waals surface area contributed by atoms with Crippen LogP contribution in [0.15, 0.2) is 18.2 Å². The summed E-state index contributed by atoms with van der Waals surface area (Å²) in [6, 6.07) is 4.05. The molecule has 1 atom stereocenters. The Bertz CT molecular complexity index is 401. The molecule has 1 aromatic carbocycles. The maximum absolute atomic E-state index is 13.3. The predicted molar refractivity (Wildman–Crippen MR) is 54.9 cm³/mol. The zero-order valence-electron chi connectivity index (χ0n) is 9.03. The van der Waals surface area contributed by atoms with E-state index in [-0.39, 0.29) is 12.2 Å². The molecule has 0 saturated heterocycles. The van der Waals surface area contributed by atoms with E-state index < -0.39 is 17.4 Å². The molecule has 88 valence electrons. The third-order valence-corrected chi connectivity index (χ3v) is 2.23. The number of rotatable bonds is 4. The number of hydrogen-bond acceptors (Lipinski definition) is 3. The van der Waals surface area contributed by atoms with Gasteiger partial charge >= 0.3 is 5.97 Å². The van der Waals surface area contributed by atoms with Crippen LogP contribution in [0.1, 0.15) is 12.5 Å². The highest BCUT2D eigenvalue weighted by molar-refractivity contribution is 5.76. The Morgan fingerprint density at radius 1 is 1.56 bits per heavy atom. The first-order valence-corrected chi connectivity index (χ1v) is 4.65. The van der Waals surface area contributed by atoms with Crippen molar-refractivity contribution in [3.05, 3.63) is 29.6 Å². The molecule has 1 aromatic rings. The molecule has 0 aliphatic carbocycles. The third kappa shape index (κ3) is 2.70. The average Bonchev–Trinajstić information content (AvgIpc) is 2.17. The zero-order valence-corrected chi connectivity index (χ0v) is 9.03. The van der Waals surface area contributed by atoms with Crippen molar-refractivity contribution in [3.8, 4) is 5.75 Å². The van der Waals surface area contributed by atoms with Crippen LogP contribution in [-0.4, -0.2) is 28.9 Å². The minimum absolute atomic E-state index is 0.0821. The van der Waals surface area contributed by atoms with Crippen LogP contribution in [-0.2, 0) is 11.2 Å². The van der Waals surface area contributed by atoms with Gasteiger partial charge in [0, 0.05) is 6.42 Å². The lowest BCUT2D eigenvalue weighted by atomic mass is 9.97. The number of aliphatic carboxylic acids is 1. The van der Waals surface area contributed by atoms with Crippen molar-refractivity contribution in [2.45, 2.75) is 18.9 Å². The molecule has 0 spiro atoms. The Morgan fingerprint density at radius 3 is 2.62 bits per heavy atom. The second-order valence-electron chi connectivity index (χ2n) is 3.72. The summed E-state index contributed by atoms with van der Waals surface area (Å²) in [6.07, 6.45) is -0.163. The van der Waals surface area contributed by atoms with E-state index in [2.05, 4.69) is 0 Å². The van der Waals surface area contributed by atoms with E-state index in [1.165, 1.54) is 19.2 Å². The number of carboxylic acids is 1. The Labute approximate surface area is 92.3 Å². The van der Waals surface area contributed by atoms with E-state index in [9.17, 15) is 14.3 Å². The van der Waals surface area contributed by atoms with Crippen molar-refractivity contribution < 1.29 is 24.1 Å². The monoisotopic (exact) mass is 228 g/mol. The Morgan fingerprint density at radius 2 is 2.19 bits per heavy atom. The zero-order chi connectivity index (χ0) is 12.3. The highest BCUT2D eigenvalue weighted by atomic mass is 19.1. The van der Waals surface area contributed by atoms with Gasteiger partial charge in [0.1, 0.15) is 0 Å². The van der Waals surface area contributed by atoms with E-state index in [0.29, 0.717) is 5.56 Å². The van der Waals surface area contributed by atoms with Gasteiger partial charge in [-0.25, -0.2) is 9.18 Å². The van der Waals surface area contributed by atoms with Gasteiger partial charge in [-0.3, -0.25) is 0 Å². The maximum atomic E-state index is 13.3. The summed E-state index contributed by atoms with van der Waals surface area (Å²) >= 11 is 0. The Kier molecular flexibility index (Phi) is 3.49. The minimum atomic E-state index is -1.90. The molecular weight excluding hydrogens is 215 g/mol. The summed E-state index contributed by atoms with van der Waals surface area (Å²) in [5.74, 6) is -1.84. The third-order valence-electron chi connectivity index (χ3n) is 2.23. The first-order valence-electron chi connectivity index (χ1n) is 4.65. The standard InChI is InChI=1S/C11H13FO4/c1-11(15,10(13)14)6-7-3-4-9(16-2)8(12)5-7/h3-5,15H,6H2,1-2H3,(H,13,14). The summed E-state index contributed by atoms with van der Waals surface area (Å²) in [5, 5.41) is 18.2. The fourth-order valence-corrected chi connectivity index (χ4v) is 1.29. The number of benzene rings is 1. The Balaban J connectivity index is 2.91. The number of carboxylic acid groups (broad SMARTS) is 1. The maximum Gasteiger partial charge on any atom is 0.335 e. The molecule has 0 bridgehead atoms. The smallest absolute Gasteiger partial charge is 0.335 e. The van der Waals surface area contributed by atoms with Crippen molar-refractivity contribution in [2.75, 3.05) is 7.11 Å². The summed E-state index contributed by atoms with van der Waals surface area (Å²) in [7, 11) is 1.34. The largest absolute Gasteiger partial charge is 0.494 e. The second-order valence-corrected chi connectivity index (χ2v) is 3.72. The van der Waals surface area contributed by atoms with E-state index in [4.69, 9.17) is 9.84 Å². The van der Waals surface area contributed by atoms with Gasteiger partial charge in [0.15, 0.2) is 17.2 Å². The molecule has 16 heavy (non-hydrogen) atoms. The molecule has 0 aromatic heterocycles. The molecule has 0 fully saturated rings. The molecule has 0 aliphatic rings. The molecule has 0 heterocycles. The van der Waals surface area contributed by atoms with Crippen LogP contribution in [0.3, 0.4) is 0 Å². The molecule has 1 unspecified atom stereocenters. The summed E-state index contributed by atoms with van der Waals surface area (Å²) in [5.41, 5.74) is -1.51. The van der Waals surface area contributed by atoms with Gasteiger partial charge in [-0.2, -0.15) is 0 Å². The molecule has 0 radical (unpaired) electrons. The van der Waals surface area contributed by atoms with E-state index in [1.807, 2.05) is 0 Å². The van der Waals surface area contributed by atoms with Gasteiger partial charge in [0.25, 0.3) is 0 Å². The quantitative estimate of drug-likeness (QED) is 0.813. The first-order chi connectivity index (χ1) is 7.36. The molecule has 1 rings (SSSR count). The fraction of sp³-hybridized carbons (Fsp3) is 0.364. The van der Waals surface area contributed by atoms with Gasteiger partial charge in [-0.15, -0.1) is 0 Å². The van der Waals surface area contributed by atoms with Crippen LogP contribution in [0.2, 0.25) is 0 Å². The summed E-state index contributed by atoms with van der Waals surface area (Å²) in [4.78, 5) is 10.7. The van der Waals surface area contributed by atoms with Crippen molar-refractivity contribution in [2.24, 2.45) is 0 Å². The fourth-order valence-electron chi connectivity index (χ4n) is 1.29. The van der Waals surface area contributed by atoms with Crippen LogP contribution in [0.5, 0.6) is 5.75 Å². The number of methoxy groups -OCH3 is 1. The van der Waals surface area contributed by atoms with Crippen LogP contribution in [0.4, 0.5) is 4.39 Å². The normalized spacial score (nSPS) is 14.2. The lowest BCUT2D eigenvalue weighted by molar-refractivity contribution is -0.156. The lowest BCUT2D eigenvalue weighted by Gasteiger charge is -2.17. The molecule has 2 N–H and O–H groups in total. The number of ether oxygens (including phenoxy) is 1. The van der Waals surface area contributed by atoms with Gasteiger partial charge < -0.3 is 14.9 Å². The van der Waals surface area contributed by atoms with Crippen LogP contribution in [0.25, 0.3) is 0 Å². The van der Waals surface area contributed by atoms with Crippen LogP contribution in [0, 0.1) is 5.82 Å². The van der Waals surface area contributed by atoms with Gasteiger partial charge in [0.2, 0.25) is 0 Å². The first kappa shape index (κ1) is 12.4. The van der Waals surface area contributed by atoms with Crippen molar-refractivity contribution >= 4 is 5.97 Å². The van der Waals surface area contributed by atoms with E-state index in [1.54, 1.807) is 0 Å². The molecule has 0 saturated carbocycles. The predicted octanol–water partition coefficient (Wildman–Crippen LogP) is 1.21. The molecule has 0 aliphatic heterocycles. The highest BCUT2D eigenvalue weighted by Gasteiger charge is 2.30. The Hall–Kier alpha value is -1.62. The van der Waals surface area contributed by atoms with Crippen molar-refractivity contribution in [1.29, 1.82) is 0 Å². The van der Waals surface area contributed by atoms with Gasteiger partial charge in [-0.05, 0) is 24.6 Å². The minimum Gasteiger partial charge on any atom is -0.494 e. The van der Waals surface area contributed by atoms with Crippen molar-refractivity contribution in [1.82, 2.24) is 0 Å². The number of hydrogen-bond donors (Lipinski definition) is 2. The number of aliphatic hydroxyl groups is 1. The van der Waals surface area contributed by atoms with E-state index in [0.717, 1.165) is 13.0 Å². The number of carbonyl (C=O) groups is 1.